The van der Waals surface area contributed by atoms with Crippen LogP contribution in [-0.2, 0) is 9.84 Å². The standard InChI is InChI=1S/C9H18N2O2S/c1-9(2)11(6-4-5-10)7-8-14(3,12)13/h9H,4,6-8H2,1-3H3. The summed E-state index contributed by atoms with van der Waals surface area (Å²) in [5.41, 5.74) is 0. The van der Waals surface area contributed by atoms with Crippen LogP contribution in [0.4, 0.5) is 0 Å². The molecule has 0 spiro atoms. The minimum atomic E-state index is -2.90. The lowest BCUT2D eigenvalue weighted by Crippen LogP contribution is -2.35. The molecule has 0 rings (SSSR count). The Kier molecular flexibility index (Phi) is 5.73. The van der Waals surface area contributed by atoms with Gasteiger partial charge in [-0.25, -0.2) is 8.42 Å². The fourth-order valence-electron chi connectivity index (χ4n) is 1.10. The van der Waals surface area contributed by atoms with Gasteiger partial charge in [0.15, 0.2) is 0 Å². The zero-order valence-electron chi connectivity index (χ0n) is 9.02. The SMILES string of the molecule is CC(C)N(CCC#N)CCS(C)(=O)=O. The Bertz CT molecular complexity index is 290. The Labute approximate surface area is 86.4 Å². The van der Waals surface area contributed by atoms with E-state index in [1.807, 2.05) is 18.7 Å². The Morgan fingerprint density at radius 2 is 1.93 bits per heavy atom. The smallest absolute Gasteiger partial charge is 0.148 e. The van der Waals surface area contributed by atoms with Gasteiger partial charge >= 0.3 is 0 Å². The summed E-state index contributed by atoms with van der Waals surface area (Å²) < 4.78 is 21.9. The van der Waals surface area contributed by atoms with Crippen molar-refractivity contribution < 1.29 is 8.42 Å². The first-order valence-corrected chi connectivity index (χ1v) is 6.71. The fourth-order valence-corrected chi connectivity index (χ4v) is 1.67. The van der Waals surface area contributed by atoms with Crippen LogP contribution in [0.1, 0.15) is 20.3 Å². The Morgan fingerprint density at radius 1 is 1.36 bits per heavy atom. The van der Waals surface area contributed by atoms with E-state index < -0.39 is 9.84 Å². The molecule has 0 atom stereocenters. The second-order valence-corrected chi connectivity index (χ2v) is 5.93. The van der Waals surface area contributed by atoms with Crippen molar-refractivity contribution in [2.45, 2.75) is 26.3 Å². The van der Waals surface area contributed by atoms with Crippen LogP contribution < -0.4 is 0 Å². The molecule has 4 nitrogen and oxygen atoms in total. The van der Waals surface area contributed by atoms with Crippen molar-refractivity contribution in [1.82, 2.24) is 4.90 Å². The molecule has 0 aliphatic carbocycles. The average Bonchev–Trinajstić information content (AvgIpc) is 2.01. The first-order valence-electron chi connectivity index (χ1n) is 4.65. The molecule has 0 amide bonds. The predicted molar refractivity (Wildman–Crippen MR) is 56.6 cm³/mol. The van der Waals surface area contributed by atoms with Crippen LogP contribution >= 0.6 is 0 Å². The van der Waals surface area contributed by atoms with Gasteiger partial charge in [-0.3, -0.25) is 4.90 Å². The summed E-state index contributed by atoms with van der Waals surface area (Å²) in [5, 5.41) is 8.43. The molecule has 0 aromatic heterocycles. The van der Waals surface area contributed by atoms with E-state index in [-0.39, 0.29) is 11.8 Å². The molecule has 0 N–H and O–H groups in total. The molecule has 0 radical (unpaired) electrons. The molecule has 0 aliphatic heterocycles. The Hall–Kier alpha value is -0.600. The molecule has 0 unspecified atom stereocenters. The highest BCUT2D eigenvalue weighted by atomic mass is 32.2. The fraction of sp³-hybridized carbons (Fsp3) is 0.889. The normalized spacial score (nSPS) is 12.0. The molecule has 0 aliphatic rings. The van der Waals surface area contributed by atoms with Crippen LogP contribution in [0.3, 0.4) is 0 Å². The molecule has 0 saturated heterocycles. The molecule has 5 heteroatoms. The highest BCUT2D eigenvalue weighted by molar-refractivity contribution is 7.90. The topological polar surface area (TPSA) is 61.2 Å². The quantitative estimate of drug-likeness (QED) is 0.657. The lowest BCUT2D eigenvalue weighted by molar-refractivity contribution is 0.240. The van der Waals surface area contributed by atoms with Gasteiger partial charge in [-0.05, 0) is 13.8 Å². The summed E-state index contributed by atoms with van der Waals surface area (Å²) in [7, 11) is -2.90. The molecule has 0 heterocycles. The second kappa shape index (κ2) is 5.99. The summed E-state index contributed by atoms with van der Waals surface area (Å²) >= 11 is 0. The van der Waals surface area contributed by atoms with E-state index in [0.717, 1.165) is 0 Å². The van der Waals surface area contributed by atoms with Crippen LogP contribution in [0, 0.1) is 11.3 Å². The van der Waals surface area contributed by atoms with Gasteiger partial charge in [0.2, 0.25) is 0 Å². The molecule has 14 heavy (non-hydrogen) atoms. The van der Waals surface area contributed by atoms with E-state index in [1.54, 1.807) is 0 Å². The zero-order chi connectivity index (χ0) is 11.2. The van der Waals surface area contributed by atoms with Gasteiger partial charge in [0.1, 0.15) is 9.84 Å². The van der Waals surface area contributed by atoms with E-state index in [0.29, 0.717) is 19.5 Å². The largest absolute Gasteiger partial charge is 0.299 e. The van der Waals surface area contributed by atoms with E-state index in [1.165, 1.54) is 6.26 Å². The minimum absolute atomic E-state index is 0.163. The summed E-state index contributed by atoms with van der Waals surface area (Å²) in [6.45, 7) is 5.15. The third-order valence-electron chi connectivity index (χ3n) is 1.99. The number of rotatable bonds is 6. The highest BCUT2D eigenvalue weighted by Crippen LogP contribution is 2.00. The maximum absolute atomic E-state index is 10.9. The number of nitriles is 1. The molecular weight excluding hydrogens is 200 g/mol. The van der Waals surface area contributed by atoms with Crippen molar-refractivity contribution in [3.63, 3.8) is 0 Å². The van der Waals surface area contributed by atoms with E-state index >= 15 is 0 Å². The van der Waals surface area contributed by atoms with Gasteiger partial charge in [-0.15, -0.1) is 0 Å². The van der Waals surface area contributed by atoms with Crippen molar-refractivity contribution >= 4 is 9.84 Å². The second-order valence-electron chi connectivity index (χ2n) is 3.67. The molecule has 0 aromatic rings. The van der Waals surface area contributed by atoms with Gasteiger partial charge in [0.05, 0.1) is 11.8 Å². The van der Waals surface area contributed by atoms with Crippen molar-refractivity contribution in [2.75, 3.05) is 25.1 Å². The first-order chi connectivity index (χ1) is 6.37. The van der Waals surface area contributed by atoms with Crippen molar-refractivity contribution in [3.05, 3.63) is 0 Å². The summed E-state index contributed by atoms with van der Waals surface area (Å²) in [5.74, 6) is 0.163. The first kappa shape index (κ1) is 13.4. The van der Waals surface area contributed by atoms with Gasteiger partial charge in [-0.1, -0.05) is 0 Å². The highest BCUT2D eigenvalue weighted by Gasteiger charge is 2.11. The molecule has 0 saturated carbocycles. The third-order valence-corrected chi connectivity index (χ3v) is 2.91. The number of hydrogen-bond acceptors (Lipinski definition) is 4. The van der Waals surface area contributed by atoms with Crippen LogP contribution in [0.25, 0.3) is 0 Å². The predicted octanol–water partition coefficient (Wildman–Crippen LogP) is 0.655. The van der Waals surface area contributed by atoms with Crippen molar-refractivity contribution in [3.8, 4) is 6.07 Å². The Balaban J connectivity index is 4.05. The van der Waals surface area contributed by atoms with Crippen LogP contribution in [0.2, 0.25) is 0 Å². The molecule has 82 valence electrons. The van der Waals surface area contributed by atoms with E-state index in [4.69, 9.17) is 5.26 Å². The van der Waals surface area contributed by atoms with Gasteiger partial charge in [0, 0.05) is 31.8 Å². The van der Waals surface area contributed by atoms with Crippen molar-refractivity contribution in [1.29, 1.82) is 5.26 Å². The molecule has 0 fully saturated rings. The number of sulfone groups is 1. The lowest BCUT2D eigenvalue weighted by atomic mass is 10.3. The summed E-state index contributed by atoms with van der Waals surface area (Å²) in [6, 6.07) is 2.34. The van der Waals surface area contributed by atoms with Crippen molar-refractivity contribution in [2.24, 2.45) is 0 Å². The van der Waals surface area contributed by atoms with E-state index in [2.05, 4.69) is 6.07 Å². The van der Waals surface area contributed by atoms with Crippen LogP contribution in [0.15, 0.2) is 0 Å². The average molecular weight is 218 g/mol. The summed E-state index contributed by atoms with van der Waals surface area (Å²) in [6.07, 6.45) is 1.68. The number of hydrogen-bond donors (Lipinski definition) is 0. The maximum Gasteiger partial charge on any atom is 0.148 e. The lowest BCUT2D eigenvalue weighted by Gasteiger charge is -2.24. The van der Waals surface area contributed by atoms with Crippen LogP contribution in [-0.4, -0.2) is 44.5 Å². The van der Waals surface area contributed by atoms with E-state index in [9.17, 15) is 8.42 Å². The molecular formula is C9H18N2O2S. The minimum Gasteiger partial charge on any atom is -0.299 e. The maximum atomic E-state index is 10.9. The van der Waals surface area contributed by atoms with Gasteiger partial charge in [0.25, 0.3) is 0 Å². The third kappa shape index (κ3) is 6.87. The monoisotopic (exact) mass is 218 g/mol. The number of nitrogens with zero attached hydrogens (tertiary/aromatic N) is 2. The molecule has 0 bridgehead atoms. The van der Waals surface area contributed by atoms with Crippen LogP contribution in [0.5, 0.6) is 0 Å². The Morgan fingerprint density at radius 3 is 2.29 bits per heavy atom. The zero-order valence-corrected chi connectivity index (χ0v) is 9.84. The van der Waals surface area contributed by atoms with Gasteiger partial charge < -0.3 is 0 Å². The van der Waals surface area contributed by atoms with Gasteiger partial charge in [-0.2, -0.15) is 5.26 Å². The summed E-state index contributed by atoms with van der Waals surface area (Å²) in [4.78, 5) is 2.00. The molecule has 0 aromatic carbocycles.